The molecule has 0 saturated carbocycles. The molecule has 0 spiro atoms. The van der Waals surface area contributed by atoms with Gasteiger partial charge in [0.15, 0.2) is 0 Å². The van der Waals surface area contributed by atoms with Gasteiger partial charge in [-0.3, -0.25) is 4.79 Å². The maximum atomic E-state index is 11.7. The predicted molar refractivity (Wildman–Crippen MR) is 68.6 cm³/mol. The SMILES string of the molecule is CC(O)(CO)CNC(=O)c1ccc(N)c(Br)c1. The predicted octanol–water partition coefficient (Wildman–Crippen LogP) is 0.504. The van der Waals surface area contributed by atoms with Gasteiger partial charge in [0.2, 0.25) is 0 Å². The van der Waals surface area contributed by atoms with Gasteiger partial charge in [0.25, 0.3) is 5.91 Å². The van der Waals surface area contributed by atoms with Crippen molar-refractivity contribution in [3.05, 3.63) is 28.2 Å². The van der Waals surface area contributed by atoms with E-state index in [4.69, 9.17) is 10.8 Å². The van der Waals surface area contributed by atoms with Gasteiger partial charge >= 0.3 is 0 Å². The van der Waals surface area contributed by atoms with Gasteiger partial charge in [-0.2, -0.15) is 0 Å². The number of hydrogen-bond acceptors (Lipinski definition) is 4. The Hall–Kier alpha value is -1.11. The third kappa shape index (κ3) is 3.99. The first kappa shape index (κ1) is 14.0. The van der Waals surface area contributed by atoms with Gasteiger partial charge in [-0.15, -0.1) is 0 Å². The molecule has 0 aromatic heterocycles. The summed E-state index contributed by atoms with van der Waals surface area (Å²) in [4.78, 5) is 11.7. The molecule has 0 saturated heterocycles. The van der Waals surface area contributed by atoms with E-state index in [0.29, 0.717) is 15.7 Å². The summed E-state index contributed by atoms with van der Waals surface area (Å²) in [6.07, 6.45) is 0. The molecule has 1 rings (SSSR count). The van der Waals surface area contributed by atoms with Crippen molar-refractivity contribution >= 4 is 27.5 Å². The van der Waals surface area contributed by atoms with Gasteiger partial charge < -0.3 is 21.3 Å². The highest BCUT2D eigenvalue weighted by Crippen LogP contribution is 2.20. The zero-order chi connectivity index (χ0) is 13.1. The van der Waals surface area contributed by atoms with Crippen LogP contribution in [0, 0.1) is 0 Å². The number of halogens is 1. The summed E-state index contributed by atoms with van der Waals surface area (Å²) in [5.41, 5.74) is 5.26. The van der Waals surface area contributed by atoms with Crippen LogP contribution in [0.25, 0.3) is 0 Å². The molecule has 0 radical (unpaired) electrons. The lowest BCUT2D eigenvalue weighted by atomic mass is 10.1. The van der Waals surface area contributed by atoms with Crippen molar-refractivity contribution < 1.29 is 15.0 Å². The molecule has 1 amide bonds. The molecule has 17 heavy (non-hydrogen) atoms. The lowest BCUT2D eigenvalue weighted by Gasteiger charge is -2.20. The molecule has 5 nitrogen and oxygen atoms in total. The molecule has 1 aromatic carbocycles. The van der Waals surface area contributed by atoms with E-state index in [1.165, 1.54) is 6.92 Å². The highest BCUT2D eigenvalue weighted by molar-refractivity contribution is 9.10. The fraction of sp³-hybridized carbons (Fsp3) is 0.364. The number of aliphatic hydroxyl groups excluding tert-OH is 1. The number of nitrogens with one attached hydrogen (secondary N) is 1. The average molecular weight is 303 g/mol. The van der Waals surface area contributed by atoms with Crippen LogP contribution >= 0.6 is 15.9 Å². The Labute approximate surface area is 108 Å². The minimum Gasteiger partial charge on any atom is -0.398 e. The zero-order valence-corrected chi connectivity index (χ0v) is 11.0. The Kier molecular flexibility index (Phi) is 4.50. The quantitative estimate of drug-likeness (QED) is 0.609. The summed E-state index contributed by atoms with van der Waals surface area (Å²) in [5.74, 6) is -0.334. The number of anilines is 1. The van der Waals surface area contributed by atoms with Crippen molar-refractivity contribution in [1.29, 1.82) is 0 Å². The van der Waals surface area contributed by atoms with E-state index in [2.05, 4.69) is 21.2 Å². The van der Waals surface area contributed by atoms with Crippen molar-refractivity contribution in [2.75, 3.05) is 18.9 Å². The van der Waals surface area contributed by atoms with Crippen LogP contribution in [-0.4, -0.2) is 34.9 Å². The van der Waals surface area contributed by atoms with Crippen molar-refractivity contribution in [2.24, 2.45) is 0 Å². The second-order valence-electron chi connectivity index (χ2n) is 4.07. The Balaban J connectivity index is 2.68. The monoisotopic (exact) mass is 302 g/mol. The highest BCUT2D eigenvalue weighted by Gasteiger charge is 2.20. The molecule has 0 aliphatic heterocycles. The Morgan fingerprint density at radius 2 is 2.24 bits per heavy atom. The molecule has 0 heterocycles. The molecular weight excluding hydrogens is 288 g/mol. The first-order valence-electron chi connectivity index (χ1n) is 5.02. The maximum absolute atomic E-state index is 11.7. The van der Waals surface area contributed by atoms with E-state index >= 15 is 0 Å². The molecule has 6 heteroatoms. The number of nitrogen functional groups attached to an aromatic ring is 1. The van der Waals surface area contributed by atoms with Crippen molar-refractivity contribution in [2.45, 2.75) is 12.5 Å². The summed E-state index contributed by atoms with van der Waals surface area (Å²) in [5, 5.41) is 20.9. The Bertz CT molecular complexity index is 421. The van der Waals surface area contributed by atoms with E-state index in [1.807, 2.05) is 0 Å². The van der Waals surface area contributed by atoms with E-state index in [1.54, 1.807) is 18.2 Å². The molecule has 1 unspecified atom stereocenters. The van der Waals surface area contributed by atoms with Gasteiger partial charge in [-0.1, -0.05) is 0 Å². The summed E-state index contributed by atoms with van der Waals surface area (Å²) < 4.78 is 0.638. The second kappa shape index (κ2) is 5.48. The first-order valence-corrected chi connectivity index (χ1v) is 5.81. The minimum atomic E-state index is -1.32. The highest BCUT2D eigenvalue weighted by atomic mass is 79.9. The number of carbonyl (C=O) groups is 1. The molecular formula is C11H15BrN2O3. The average Bonchev–Trinajstić information content (AvgIpc) is 2.30. The van der Waals surface area contributed by atoms with Crippen LogP contribution in [-0.2, 0) is 0 Å². The van der Waals surface area contributed by atoms with Gasteiger partial charge in [-0.25, -0.2) is 0 Å². The van der Waals surface area contributed by atoms with E-state index < -0.39 is 12.2 Å². The van der Waals surface area contributed by atoms with E-state index in [0.717, 1.165) is 0 Å². The largest absolute Gasteiger partial charge is 0.398 e. The third-order valence-electron chi connectivity index (χ3n) is 2.23. The van der Waals surface area contributed by atoms with Crippen molar-refractivity contribution in [3.8, 4) is 0 Å². The number of amides is 1. The summed E-state index contributed by atoms with van der Waals surface area (Å²) in [6.45, 7) is 0.995. The molecule has 0 bridgehead atoms. The summed E-state index contributed by atoms with van der Waals surface area (Å²) >= 11 is 3.22. The van der Waals surface area contributed by atoms with Crippen LogP contribution in [0.4, 0.5) is 5.69 Å². The van der Waals surface area contributed by atoms with Crippen LogP contribution in [0.5, 0.6) is 0 Å². The van der Waals surface area contributed by atoms with Crippen molar-refractivity contribution in [1.82, 2.24) is 5.32 Å². The Morgan fingerprint density at radius 3 is 2.76 bits per heavy atom. The summed E-state index contributed by atoms with van der Waals surface area (Å²) in [6, 6.07) is 4.80. The fourth-order valence-corrected chi connectivity index (χ4v) is 1.48. The maximum Gasteiger partial charge on any atom is 0.251 e. The third-order valence-corrected chi connectivity index (χ3v) is 2.92. The van der Waals surface area contributed by atoms with Gasteiger partial charge in [0.1, 0.15) is 5.60 Å². The van der Waals surface area contributed by atoms with Crippen LogP contribution < -0.4 is 11.1 Å². The van der Waals surface area contributed by atoms with Crippen LogP contribution in [0.1, 0.15) is 17.3 Å². The number of nitrogens with two attached hydrogens (primary N) is 1. The molecule has 1 aromatic rings. The van der Waals surface area contributed by atoms with Crippen LogP contribution in [0.3, 0.4) is 0 Å². The smallest absolute Gasteiger partial charge is 0.251 e. The fourth-order valence-electron chi connectivity index (χ4n) is 1.10. The van der Waals surface area contributed by atoms with Crippen molar-refractivity contribution in [3.63, 3.8) is 0 Å². The molecule has 5 N–H and O–H groups in total. The summed E-state index contributed by atoms with van der Waals surface area (Å²) in [7, 11) is 0. The topological polar surface area (TPSA) is 95.6 Å². The molecule has 1 atom stereocenters. The van der Waals surface area contributed by atoms with E-state index in [-0.39, 0.29) is 12.5 Å². The standard InChI is InChI=1S/C11H15BrN2O3/c1-11(17,6-15)5-14-10(16)7-2-3-9(13)8(12)4-7/h2-4,15,17H,5-6,13H2,1H3,(H,14,16). The zero-order valence-electron chi connectivity index (χ0n) is 9.40. The van der Waals surface area contributed by atoms with Crippen LogP contribution in [0.15, 0.2) is 22.7 Å². The number of aliphatic hydroxyl groups is 2. The lowest BCUT2D eigenvalue weighted by Crippen LogP contribution is -2.43. The number of hydrogen-bond donors (Lipinski definition) is 4. The van der Waals surface area contributed by atoms with Gasteiger partial charge in [-0.05, 0) is 41.1 Å². The normalized spacial score (nSPS) is 14.1. The van der Waals surface area contributed by atoms with E-state index in [9.17, 15) is 9.90 Å². The molecule has 0 fully saturated rings. The Morgan fingerprint density at radius 1 is 1.59 bits per heavy atom. The minimum absolute atomic E-state index is 0.0235. The lowest BCUT2D eigenvalue weighted by molar-refractivity contribution is 0.00320. The van der Waals surface area contributed by atoms with Gasteiger partial charge in [0, 0.05) is 22.3 Å². The van der Waals surface area contributed by atoms with Crippen LogP contribution in [0.2, 0.25) is 0 Å². The number of rotatable bonds is 4. The molecule has 0 aliphatic rings. The van der Waals surface area contributed by atoms with Gasteiger partial charge in [0.05, 0.1) is 6.61 Å². The number of carbonyl (C=O) groups excluding carboxylic acids is 1. The number of benzene rings is 1. The second-order valence-corrected chi connectivity index (χ2v) is 4.93. The molecule has 94 valence electrons. The first-order chi connectivity index (χ1) is 7.85. The molecule has 0 aliphatic carbocycles.